The molecule has 0 radical (unpaired) electrons. The van der Waals surface area contributed by atoms with E-state index in [0.717, 1.165) is 16.7 Å². The van der Waals surface area contributed by atoms with Gasteiger partial charge in [-0.05, 0) is 77.5 Å². The molecule has 266 valence electrons. The summed E-state index contributed by atoms with van der Waals surface area (Å²) in [6, 6.07) is 28.8. The van der Waals surface area contributed by atoms with Crippen LogP contribution < -0.4 is 16.4 Å². The normalized spacial score (nSPS) is 13.2. The summed E-state index contributed by atoms with van der Waals surface area (Å²) >= 11 is 0. The average Bonchev–Trinajstić information content (AvgIpc) is 3.52. The molecule has 0 saturated carbocycles. The Morgan fingerprint density at radius 2 is 1.26 bits per heavy atom. The fraction of sp³-hybridized carbons (Fsp3) is 0.400. The van der Waals surface area contributed by atoms with E-state index >= 15 is 0 Å². The van der Waals surface area contributed by atoms with Crippen LogP contribution in [0.1, 0.15) is 83.2 Å². The third-order valence-electron chi connectivity index (χ3n) is 7.96. The van der Waals surface area contributed by atoms with Gasteiger partial charge in [0.15, 0.2) is 0 Å². The highest BCUT2D eigenvalue weighted by molar-refractivity contribution is 5.87. The Kier molecular flexibility index (Phi) is 12.6. The van der Waals surface area contributed by atoms with Crippen molar-refractivity contribution in [3.05, 3.63) is 126 Å². The first kappa shape index (κ1) is 37.9. The topological polar surface area (TPSA) is 138 Å². The molecular formula is C40H51N5O5. The summed E-state index contributed by atoms with van der Waals surface area (Å²) in [6.07, 6.45) is 4.78. The van der Waals surface area contributed by atoms with Crippen molar-refractivity contribution in [3.8, 4) is 0 Å². The minimum atomic E-state index is -0.975. The van der Waals surface area contributed by atoms with Gasteiger partial charge in [0, 0.05) is 19.2 Å². The molecule has 10 heteroatoms. The Labute approximate surface area is 295 Å². The van der Waals surface area contributed by atoms with Crippen LogP contribution in [0.25, 0.3) is 0 Å². The number of unbranched alkanes of at least 4 members (excludes halogenated alkanes) is 1. The van der Waals surface area contributed by atoms with Crippen LogP contribution in [0.3, 0.4) is 0 Å². The van der Waals surface area contributed by atoms with Crippen molar-refractivity contribution in [1.29, 1.82) is 0 Å². The third-order valence-corrected chi connectivity index (χ3v) is 7.96. The summed E-state index contributed by atoms with van der Waals surface area (Å²) in [7, 11) is 0. The number of carbonyl (C=O) groups excluding carboxylic acids is 3. The Balaban J connectivity index is 1.51. The van der Waals surface area contributed by atoms with Crippen molar-refractivity contribution >= 4 is 18.0 Å². The van der Waals surface area contributed by atoms with Crippen molar-refractivity contribution in [2.45, 2.75) is 96.1 Å². The molecule has 2 atom stereocenters. The predicted molar refractivity (Wildman–Crippen MR) is 194 cm³/mol. The van der Waals surface area contributed by atoms with Gasteiger partial charge in [-0.15, -0.1) is 0 Å². The maximum atomic E-state index is 13.5. The van der Waals surface area contributed by atoms with E-state index in [1.165, 1.54) is 0 Å². The second kappa shape index (κ2) is 16.6. The highest BCUT2D eigenvalue weighted by atomic mass is 16.6. The lowest BCUT2D eigenvalue weighted by Gasteiger charge is -2.37. The smallest absolute Gasteiger partial charge is 0.407 e. The zero-order chi connectivity index (χ0) is 36.4. The third kappa shape index (κ3) is 10.3. The molecule has 50 heavy (non-hydrogen) atoms. The molecule has 3 aromatic carbocycles. The Morgan fingerprint density at radius 3 is 1.74 bits per heavy atom. The van der Waals surface area contributed by atoms with Gasteiger partial charge in [-0.2, -0.15) is 0 Å². The lowest BCUT2D eigenvalue weighted by molar-refractivity contribution is -0.159. The fourth-order valence-corrected chi connectivity index (χ4v) is 5.83. The van der Waals surface area contributed by atoms with Crippen LogP contribution >= 0.6 is 0 Å². The monoisotopic (exact) mass is 681 g/mol. The van der Waals surface area contributed by atoms with Crippen LogP contribution in [-0.2, 0) is 31.0 Å². The SMILES string of the molecule is CC(C)(C)OC(=O)NCCCC[C@H](NC(=O)[C@@H](N)Cc1cn(C(c2ccccc2)(c2ccccc2)c2ccccc2)cn1)C(=O)OC(C)(C)C. The largest absolute Gasteiger partial charge is 0.458 e. The van der Waals surface area contributed by atoms with Gasteiger partial charge in [-0.1, -0.05) is 91.0 Å². The molecule has 0 spiro atoms. The highest BCUT2D eigenvalue weighted by Gasteiger charge is 2.38. The predicted octanol–water partition coefficient (Wildman–Crippen LogP) is 6.11. The number of rotatable bonds is 14. The van der Waals surface area contributed by atoms with Crippen LogP contribution in [0.15, 0.2) is 104 Å². The number of alkyl carbamates (subject to hydrolysis) is 1. The Morgan fingerprint density at radius 1 is 0.760 bits per heavy atom. The Bertz CT molecular complexity index is 1580. The summed E-state index contributed by atoms with van der Waals surface area (Å²) in [4.78, 5) is 43.3. The molecule has 1 aromatic heterocycles. The van der Waals surface area contributed by atoms with Gasteiger partial charge < -0.3 is 30.4 Å². The summed E-state index contributed by atoms with van der Waals surface area (Å²) in [5, 5.41) is 5.54. The summed E-state index contributed by atoms with van der Waals surface area (Å²) in [6.45, 7) is 11.1. The van der Waals surface area contributed by atoms with E-state index in [4.69, 9.17) is 20.2 Å². The van der Waals surface area contributed by atoms with E-state index < -0.39 is 46.8 Å². The van der Waals surface area contributed by atoms with E-state index in [-0.39, 0.29) is 6.42 Å². The van der Waals surface area contributed by atoms with Crippen LogP contribution in [0.4, 0.5) is 4.79 Å². The van der Waals surface area contributed by atoms with E-state index in [9.17, 15) is 14.4 Å². The number of carbonyl (C=O) groups is 3. The standard InChI is InChI=1S/C40H51N5O5/c1-38(2,3)49-36(47)34(24-16-17-25-42-37(48)50-39(4,5)6)44-35(46)33(41)26-32-27-45(28-43-32)40(29-18-10-7-11-19-29,30-20-12-8-13-21-30)31-22-14-9-15-23-31/h7-15,18-23,27-28,33-34H,16-17,24-26,41H2,1-6H3,(H,42,48)(H,44,46)/t33-,34-/m0/s1. The van der Waals surface area contributed by atoms with Crippen molar-refractivity contribution in [3.63, 3.8) is 0 Å². The van der Waals surface area contributed by atoms with Crippen LogP contribution in [-0.4, -0.2) is 57.4 Å². The zero-order valence-electron chi connectivity index (χ0n) is 30.0. The van der Waals surface area contributed by atoms with Crippen molar-refractivity contribution < 1.29 is 23.9 Å². The lowest BCUT2D eigenvalue weighted by Crippen LogP contribution is -2.50. The molecule has 4 N–H and O–H groups in total. The molecule has 10 nitrogen and oxygen atoms in total. The maximum absolute atomic E-state index is 13.5. The van der Waals surface area contributed by atoms with Crippen LogP contribution in [0.5, 0.6) is 0 Å². The number of hydrogen-bond donors (Lipinski definition) is 3. The van der Waals surface area contributed by atoms with Crippen molar-refractivity contribution in [2.75, 3.05) is 6.54 Å². The number of aromatic nitrogens is 2. The average molecular weight is 682 g/mol. The number of nitrogens with one attached hydrogen (secondary N) is 2. The van der Waals surface area contributed by atoms with Crippen LogP contribution in [0, 0.1) is 0 Å². The van der Waals surface area contributed by atoms with E-state index in [2.05, 4.69) is 51.6 Å². The number of hydrogen-bond acceptors (Lipinski definition) is 7. The molecule has 0 bridgehead atoms. The number of nitrogens with two attached hydrogens (primary N) is 1. The molecule has 4 rings (SSSR count). The molecule has 0 aliphatic carbocycles. The molecule has 0 fully saturated rings. The first-order valence-electron chi connectivity index (χ1n) is 17.1. The molecule has 1 heterocycles. The van der Waals surface area contributed by atoms with E-state index in [1.54, 1.807) is 47.9 Å². The highest BCUT2D eigenvalue weighted by Crippen LogP contribution is 2.40. The molecule has 0 aliphatic heterocycles. The minimum Gasteiger partial charge on any atom is -0.458 e. The maximum Gasteiger partial charge on any atom is 0.407 e. The number of ether oxygens (including phenoxy) is 2. The number of imidazole rings is 1. The lowest BCUT2D eigenvalue weighted by atomic mass is 9.77. The molecule has 0 saturated heterocycles. The first-order valence-corrected chi connectivity index (χ1v) is 17.1. The van der Waals surface area contributed by atoms with Gasteiger partial charge in [-0.3, -0.25) is 4.79 Å². The van der Waals surface area contributed by atoms with Crippen molar-refractivity contribution in [2.24, 2.45) is 5.73 Å². The molecule has 4 aromatic rings. The first-order chi connectivity index (χ1) is 23.7. The zero-order valence-corrected chi connectivity index (χ0v) is 30.0. The van der Waals surface area contributed by atoms with Gasteiger partial charge in [0.2, 0.25) is 5.91 Å². The second-order valence-electron chi connectivity index (χ2n) is 14.4. The Hall–Kier alpha value is -4.96. The number of benzene rings is 3. The fourth-order valence-electron chi connectivity index (χ4n) is 5.83. The summed E-state index contributed by atoms with van der Waals surface area (Å²) in [5.74, 6) is -1.02. The molecule has 0 unspecified atom stereocenters. The van der Waals surface area contributed by atoms with Gasteiger partial charge in [-0.25, -0.2) is 14.6 Å². The van der Waals surface area contributed by atoms with E-state index in [1.807, 2.05) is 60.8 Å². The second-order valence-corrected chi connectivity index (χ2v) is 14.4. The summed E-state index contributed by atoms with van der Waals surface area (Å²) in [5.41, 5.74) is 8.14. The number of esters is 1. The quantitative estimate of drug-likeness (QED) is 0.0829. The molecule has 0 aliphatic rings. The van der Waals surface area contributed by atoms with Gasteiger partial charge in [0.05, 0.1) is 18.1 Å². The minimum absolute atomic E-state index is 0.147. The summed E-state index contributed by atoms with van der Waals surface area (Å²) < 4.78 is 13.0. The number of nitrogens with zero attached hydrogens (tertiary/aromatic N) is 2. The molecule has 2 amide bonds. The van der Waals surface area contributed by atoms with Gasteiger partial charge in [0.1, 0.15) is 22.8 Å². The van der Waals surface area contributed by atoms with Crippen LogP contribution in [0.2, 0.25) is 0 Å². The van der Waals surface area contributed by atoms with Gasteiger partial charge in [0.25, 0.3) is 0 Å². The number of amides is 2. The van der Waals surface area contributed by atoms with Gasteiger partial charge >= 0.3 is 12.1 Å². The van der Waals surface area contributed by atoms with E-state index in [0.29, 0.717) is 31.5 Å². The van der Waals surface area contributed by atoms with Crippen molar-refractivity contribution in [1.82, 2.24) is 20.2 Å². The molecular weight excluding hydrogens is 630 g/mol.